The van der Waals surface area contributed by atoms with Crippen LogP contribution in [-0.4, -0.2) is 87.9 Å². The average Bonchev–Trinajstić information content (AvgIpc) is 3.31. The van der Waals surface area contributed by atoms with E-state index in [2.05, 4.69) is 10.3 Å². The van der Waals surface area contributed by atoms with Gasteiger partial charge in [-0.05, 0) is 37.6 Å². The van der Waals surface area contributed by atoms with Crippen LogP contribution in [0.25, 0.3) is 0 Å². The number of benzene rings is 1. The lowest BCUT2D eigenvalue weighted by Gasteiger charge is -2.35. The molecule has 0 saturated carbocycles. The SMILES string of the molecule is COc1ccc(OC(=O)N(C)C[C@@H]2OCc3cn(nn3)CCCC(=O)N([C@H](C)CO)C[C@H]2C)cc1. The number of ether oxygens (including phenoxy) is 3. The number of methoxy groups -OCH3 is 1. The zero-order chi connectivity index (χ0) is 25.4. The van der Waals surface area contributed by atoms with Crippen LogP contribution in [0.5, 0.6) is 11.5 Å². The Hall–Kier alpha value is -3.18. The molecule has 1 N–H and O–H groups in total. The zero-order valence-electron chi connectivity index (χ0n) is 20.8. The van der Waals surface area contributed by atoms with Gasteiger partial charge < -0.3 is 29.1 Å². The van der Waals surface area contributed by atoms with Crippen molar-refractivity contribution in [1.29, 1.82) is 0 Å². The average molecular weight is 490 g/mol. The number of aromatic nitrogens is 3. The molecule has 3 rings (SSSR count). The number of rotatable bonds is 6. The molecular formula is C24H35N5O6. The number of aryl methyl sites for hydroxylation is 1. The molecule has 0 radical (unpaired) electrons. The molecule has 2 bridgehead atoms. The van der Waals surface area contributed by atoms with Gasteiger partial charge in [-0.1, -0.05) is 12.1 Å². The normalized spacial score (nSPS) is 20.3. The van der Waals surface area contributed by atoms with Crippen LogP contribution in [0.4, 0.5) is 4.79 Å². The Morgan fingerprint density at radius 2 is 2.03 bits per heavy atom. The van der Waals surface area contributed by atoms with Crippen molar-refractivity contribution in [2.75, 3.05) is 33.9 Å². The summed E-state index contributed by atoms with van der Waals surface area (Å²) in [5, 5.41) is 18.0. The van der Waals surface area contributed by atoms with Crippen molar-refractivity contribution >= 4 is 12.0 Å². The van der Waals surface area contributed by atoms with Gasteiger partial charge in [-0.15, -0.1) is 5.10 Å². The van der Waals surface area contributed by atoms with Gasteiger partial charge in [0.1, 0.15) is 17.2 Å². The fourth-order valence-electron chi connectivity index (χ4n) is 3.86. The number of fused-ring (bicyclic) bond motifs is 2. The van der Waals surface area contributed by atoms with Crippen molar-refractivity contribution in [2.24, 2.45) is 5.92 Å². The molecule has 0 spiro atoms. The molecule has 1 aromatic carbocycles. The maximum absolute atomic E-state index is 12.9. The quantitative estimate of drug-likeness (QED) is 0.654. The topological polar surface area (TPSA) is 119 Å². The van der Waals surface area contributed by atoms with Gasteiger partial charge in [-0.25, -0.2) is 4.79 Å². The van der Waals surface area contributed by atoms with E-state index in [-0.39, 0.29) is 37.6 Å². The number of nitrogens with zero attached hydrogens (tertiary/aromatic N) is 5. The summed E-state index contributed by atoms with van der Waals surface area (Å²) in [4.78, 5) is 28.8. The van der Waals surface area contributed by atoms with Gasteiger partial charge in [0.05, 0.1) is 45.2 Å². The van der Waals surface area contributed by atoms with Gasteiger partial charge >= 0.3 is 6.09 Å². The maximum atomic E-state index is 12.9. The number of carbonyl (C=O) groups excluding carboxylic acids is 2. The molecule has 2 amide bonds. The highest BCUT2D eigenvalue weighted by Crippen LogP contribution is 2.20. The summed E-state index contributed by atoms with van der Waals surface area (Å²) >= 11 is 0. The third kappa shape index (κ3) is 7.40. The first-order valence-corrected chi connectivity index (χ1v) is 11.8. The van der Waals surface area contributed by atoms with E-state index in [9.17, 15) is 14.7 Å². The molecule has 2 heterocycles. The highest BCUT2D eigenvalue weighted by atomic mass is 16.6. The molecule has 3 atom stereocenters. The van der Waals surface area contributed by atoms with Crippen molar-refractivity contribution in [3.8, 4) is 11.5 Å². The number of carbonyl (C=O) groups is 2. The maximum Gasteiger partial charge on any atom is 0.415 e. The summed E-state index contributed by atoms with van der Waals surface area (Å²) in [7, 11) is 3.20. The number of hydrogen-bond donors (Lipinski definition) is 1. The third-order valence-electron chi connectivity index (χ3n) is 6.08. The Kier molecular flexibility index (Phi) is 9.44. The van der Waals surface area contributed by atoms with Gasteiger partial charge in [-0.3, -0.25) is 9.48 Å². The van der Waals surface area contributed by atoms with E-state index < -0.39 is 12.2 Å². The zero-order valence-corrected chi connectivity index (χ0v) is 20.8. The van der Waals surface area contributed by atoms with Gasteiger partial charge in [0.2, 0.25) is 5.91 Å². The van der Waals surface area contributed by atoms with Gasteiger partial charge in [0, 0.05) is 32.5 Å². The molecule has 2 aromatic rings. The molecule has 35 heavy (non-hydrogen) atoms. The molecule has 0 fully saturated rings. The van der Waals surface area contributed by atoms with E-state index in [0.29, 0.717) is 43.1 Å². The number of likely N-dealkylation sites (N-methyl/N-ethyl adjacent to an activating group) is 1. The highest BCUT2D eigenvalue weighted by molar-refractivity contribution is 5.76. The lowest BCUT2D eigenvalue weighted by atomic mass is 10.0. The minimum absolute atomic E-state index is 0.0380. The monoisotopic (exact) mass is 489 g/mol. The second kappa shape index (κ2) is 12.5. The van der Waals surface area contributed by atoms with Crippen molar-refractivity contribution in [3.05, 3.63) is 36.2 Å². The molecule has 192 valence electrons. The first-order valence-electron chi connectivity index (χ1n) is 11.8. The summed E-state index contributed by atoms with van der Waals surface area (Å²) in [5.74, 6) is 0.887. The summed E-state index contributed by atoms with van der Waals surface area (Å²) < 4.78 is 18.5. The van der Waals surface area contributed by atoms with E-state index in [1.54, 1.807) is 54.2 Å². The Morgan fingerprint density at radius 3 is 2.71 bits per heavy atom. The van der Waals surface area contributed by atoms with Crippen LogP contribution < -0.4 is 9.47 Å². The lowest BCUT2D eigenvalue weighted by Crippen LogP contribution is -2.48. The molecule has 0 aliphatic carbocycles. The van der Waals surface area contributed by atoms with Crippen LogP contribution in [0.15, 0.2) is 30.5 Å². The summed E-state index contributed by atoms with van der Waals surface area (Å²) in [6.45, 7) is 5.06. The number of aliphatic hydroxyl groups is 1. The summed E-state index contributed by atoms with van der Waals surface area (Å²) in [6, 6.07) is 6.41. The minimum atomic E-state index is -0.531. The van der Waals surface area contributed by atoms with Crippen molar-refractivity contribution in [2.45, 2.75) is 52.0 Å². The number of aliphatic hydroxyl groups excluding tert-OH is 1. The Balaban J connectivity index is 1.73. The van der Waals surface area contributed by atoms with Crippen LogP contribution in [0.3, 0.4) is 0 Å². The second-order valence-electron chi connectivity index (χ2n) is 8.90. The molecule has 11 heteroatoms. The van der Waals surface area contributed by atoms with Crippen LogP contribution in [0.2, 0.25) is 0 Å². The Morgan fingerprint density at radius 1 is 1.31 bits per heavy atom. The molecule has 0 saturated heterocycles. The first-order chi connectivity index (χ1) is 16.8. The first kappa shape index (κ1) is 26.4. The molecule has 0 unspecified atom stereocenters. The standard InChI is InChI=1S/C24H35N5O6/c1-17-12-29(18(2)15-30)23(31)6-5-11-28-13-19(25-26-28)16-34-22(17)14-27(3)24(32)35-21-9-7-20(33-4)8-10-21/h7-10,13,17-18,22,30H,5-6,11-12,14-16H2,1-4H3/t17-,18-,22+/m1/s1. The third-order valence-corrected chi connectivity index (χ3v) is 6.08. The Labute approximate surface area is 205 Å². The number of hydrogen-bond acceptors (Lipinski definition) is 8. The highest BCUT2D eigenvalue weighted by Gasteiger charge is 2.29. The molecule has 1 aliphatic heterocycles. The fourth-order valence-corrected chi connectivity index (χ4v) is 3.86. The van der Waals surface area contributed by atoms with Crippen molar-refractivity contribution < 1.29 is 28.9 Å². The van der Waals surface area contributed by atoms with E-state index in [0.717, 1.165) is 0 Å². The summed E-state index contributed by atoms with van der Waals surface area (Å²) in [5.41, 5.74) is 0.678. The van der Waals surface area contributed by atoms with E-state index in [1.807, 2.05) is 13.8 Å². The predicted molar refractivity (Wildman–Crippen MR) is 127 cm³/mol. The Bertz CT molecular complexity index is 966. The molecule has 1 aromatic heterocycles. The van der Waals surface area contributed by atoms with Crippen LogP contribution in [0, 0.1) is 5.92 Å². The minimum Gasteiger partial charge on any atom is -0.497 e. The van der Waals surface area contributed by atoms with Crippen LogP contribution in [0.1, 0.15) is 32.4 Å². The van der Waals surface area contributed by atoms with Crippen molar-refractivity contribution in [1.82, 2.24) is 24.8 Å². The largest absolute Gasteiger partial charge is 0.497 e. The van der Waals surface area contributed by atoms with Gasteiger partial charge in [0.15, 0.2) is 0 Å². The smallest absolute Gasteiger partial charge is 0.415 e. The number of amides is 2. The van der Waals surface area contributed by atoms with Crippen molar-refractivity contribution in [3.63, 3.8) is 0 Å². The molecule has 1 aliphatic rings. The molecule has 11 nitrogen and oxygen atoms in total. The van der Waals surface area contributed by atoms with E-state index >= 15 is 0 Å². The van der Waals surface area contributed by atoms with Crippen LogP contribution >= 0.6 is 0 Å². The van der Waals surface area contributed by atoms with E-state index in [1.165, 1.54) is 4.90 Å². The van der Waals surface area contributed by atoms with Crippen LogP contribution in [-0.2, 0) is 22.7 Å². The fraction of sp³-hybridized carbons (Fsp3) is 0.583. The van der Waals surface area contributed by atoms with Gasteiger partial charge in [0.25, 0.3) is 0 Å². The molecular weight excluding hydrogens is 454 g/mol. The second-order valence-corrected chi connectivity index (χ2v) is 8.90. The van der Waals surface area contributed by atoms with Gasteiger partial charge in [-0.2, -0.15) is 0 Å². The summed E-state index contributed by atoms with van der Waals surface area (Å²) in [6.07, 6.45) is 1.81. The van der Waals surface area contributed by atoms with E-state index in [4.69, 9.17) is 14.2 Å². The lowest BCUT2D eigenvalue weighted by molar-refractivity contribution is -0.136. The predicted octanol–water partition coefficient (Wildman–Crippen LogP) is 1.94.